The number of carbonyl (C=O) groups is 2. The number of hydrogen-bond acceptors (Lipinski definition) is 5. The molecule has 1 rings (SSSR count). The molecule has 0 amide bonds. The summed E-state index contributed by atoms with van der Waals surface area (Å²) < 4.78 is 5.35. The summed E-state index contributed by atoms with van der Waals surface area (Å²) in [4.78, 5) is 25.2. The van der Waals surface area contributed by atoms with Gasteiger partial charge in [-0.2, -0.15) is 0 Å². The standard InChI is InChI=1S/C21H34N2O3/c1-6-7-13-22-21(4,5)20(25)18(23-16(2)3)14-19(24)26-15-17-11-9-8-10-12-17/h8-12,16,18,22-23H,6-7,13-15H2,1-5H3. The Kier molecular flexibility index (Phi) is 9.52. The molecule has 0 bridgehead atoms. The minimum Gasteiger partial charge on any atom is -0.461 e. The fourth-order valence-electron chi connectivity index (χ4n) is 2.69. The van der Waals surface area contributed by atoms with Crippen LogP contribution in [0.5, 0.6) is 0 Å². The van der Waals surface area contributed by atoms with Crippen molar-refractivity contribution in [2.45, 2.75) is 78.1 Å². The summed E-state index contributed by atoms with van der Waals surface area (Å²) >= 11 is 0. The third-order valence-electron chi connectivity index (χ3n) is 4.18. The Hall–Kier alpha value is -1.72. The number of hydrogen-bond donors (Lipinski definition) is 2. The Morgan fingerprint density at radius 1 is 1.15 bits per heavy atom. The Balaban J connectivity index is 2.66. The Morgan fingerprint density at radius 3 is 2.38 bits per heavy atom. The molecule has 1 unspecified atom stereocenters. The highest BCUT2D eigenvalue weighted by atomic mass is 16.5. The van der Waals surface area contributed by atoms with Gasteiger partial charge in [-0.25, -0.2) is 0 Å². The zero-order valence-corrected chi connectivity index (χ0v) is 16.8. The number of rotatable bonds is 12. The Bertz CT molecular complexity index is 556. The highest BCUT2D eigenvalue weighted by Gasteiger charge is 2.34. The molecule has 0 aliphatic carbocycles. The molecular weight excluding hydrogens is 328 g/mol. The maximum Gasteiger partial charge on any atom is 0.308 e. The molecule has 0 radical (unpaired) electrons. The van der Waals surface area contributed by atoms with Crippen LogP contribution in [0.15, 0.2) is 30.3 Å². The summed E-state index contributed by atoms with van der Waals surface area (Å²) in [6.45, 7) is 10.8. The summed E-state index contributed by atoms with van der Waals surface area (Å²) in [6.07, 6.45) is 2.11. The number of esters is 1. The molecule has 1 atom stereocenters. The first-order valence-electron chi connectivity index (χ1n) is 9.51. The maximum absolute atomic E-state index is 13.0. The van der Waals surface area contributed by atoms with E-state index in [4.69, 9.17) is 4.74 Å². The average Bonchev–Trinajstić information content (AvgIpc) is 2.59. The van der Waals surface area contributed by atoms with E-state index in [0.29, 0.717) is 0 Å². The van der Waals surface area contributed by atoms with E-state index < -0.39 is 11.6 Å². The summed E-state index contributed by atoms with van der Waals surface area (Å²) in [5, 5.41) is 6.52. The number of carbonyl (C=O) groups excluding carboxylic acids is 2. The number of unbranched alkanes of at least 4 members (excludes halogenated alkanes) is 1. The lowest BCUT2D eigenvalue weighted by molar-refractivity contribution is -0.147. The van der Waals surface area contributed by atoms with Crippen molar-refractivity contribution < 1.29 is 14.3 Å². The van der Waals surface area contributed by atoms with Crippen LogP contribution in [-0.2, 0) is 20.9 Å². The van der Waals surface area contributed by atoms with E-state index in [1.54, 1.807) is 0 Å². The van der Waals surface area contributed by atoms with Gasteiger partial charge < -0.3 is 15.4 Å². The van der Waals surface area contributed by atoms with Crippen LogP contribution < -0.4 is 10.6 Å². The van der Waals surface area contributed by atoms with E-state index in [-0.39, 0.29) is 30.8 Å². The van der Waals surface area contributed by atoms with Crippen LogP contribution in [0.2, 0.25) is 0 Å². The lowest BCUT2D eigenvalue weighted by atomic mass is 9.91. The number of ether oxygens (including phenoxy) is 1. The normalized spacial score (nSPS) is 12.8. The van der Waals surface area contributed by atoms with Gasteiger partial charge in [0.2, 0.25) is 0 Å². The largest absolute Gasteiger partial charge is 0.461 e. The summed E-state index contributed by atoms with van der Waals surface area (Å²) in [5.74, 6) is -0.385. The zero-order chi connectivity index (χ0) is 19.6. The molecule has 0 heterocycles. The highest BCUT2D eigenvalue weighted by Crippen LogP contribution is 2.12. The lowest BCUT2D eigenvalue weighted by Crippen LogP contribution is -2.56. The van der Waals surface area contributed by atoms with Crippen LogP contribution in [0.3, 0.4) is 0 Å². The molecule has 0 aromatic heterocycles. The smallest absolute Gasteiger partial charge is 0.308 e. The number of ketones is 1. The third kappa shape index (κ3) is 8.11. The van der Waals surface area contributed by atoms with Crippen molar-refractivity contribution >= 4 is 11.8 Å². The first kappa shape index (κ1) is 22.3. The van der Waals surface area contributed by atoms with Gasteiger partial charge in [-0.15, -0.1) is 0 Å². The van der Waals surface area contributed by atoms with Gasteiger partial charge in [-0.1, -0.05) is 57.5 Å². The van der Waals surface area contributed by atoms with Gasteiger partial charge in [0.15, 0.2) is 5.78 Å². The van der Waals surface area contributed by atoms with E-state index in [9.17, 15) is 9.59 Å². The van der Waals surface area contributed by atoms with E-state index in [0.717, 1.165) is 24.9 Å². The van der Waals surface area contributed by atoms with Crippen LogP contribution >= 0.6 is 0 Å². The van der Waals surface area contributed by atoms with Gasteiger partial charge in [0.1, 0.15) is 6.61 Å². The summed E-state index contributed by atoms with van der Waals surface area (Å²) in [5.41, 5.74) is 0.239. The predicted molar refractivity (Wildman–Crippen MR) is 105 cm³/mol. The van der Waals surface area contributed by atoms with Gasteiger partial charge in [0, 0.05) is 6.04 Å². The van der Waals surface area contributed by atoms with E-state index >= 15 is 0 Å². The van der Waals surface area contributed by atoms with Gasteiger partial charge in [-0.3, -0.25) is 9.59 Å². The zero-order valence-electron chi connectivity index (χ0n) is 16.8. The molecule has 1 aromatic rings. The third-order valence-corrected chi connectivity index (χ3v) is 4.18. The SMILES string of the molecule is CCCCNC(C)(C)C(=O)C(CC(=O)OCc1ccccc1)NC(C)C. The molecule has 146 valence electrons. The number of benzene rings is 1. The first-order valence-corrected chi connectivity index (χ1v) is 9.51. The predicted octanol–water partition coefficient (Wildman–Crippen LogP) is 3.22. The fourth-order valence-corrected chi connectivity index (χ4v) is 2.69. The van der Waals surface area contributed by atoms with Crippen LogP contribution in [-0.4, -0.2) is 35.9 Å². The topological polar surface area (TPSA) is 67.4 Å². The molecule has 2 N–H and O–H groups in total. The second-order valence-electron chi connectivity index (χ2n) is 7.49. The Morgan fingerprint density at radius 2 is 1.81 bits per heavy atom. The molecule has 5 nitrogen and oxygen atoms in total. The molecule has 0 aliphatic heterocycles. The number of nitrogens with one attached hydrogen (secondary N) is 2. The van der Waals surface area contributed by atoms with Crippen molar-refractivity contribution in [1.29, 1.82) is 0 Å². The van der Waals surface area contributed by atoms with Crippen LogP contribution in [0.1, 0.15) is 59.4 Å². The molecule has 1 aromatic carbocycles. The summed E-state index contributed by atoms with van der Waals surface area (Å²) in [7, 11) is 0. The monoisotopic (exact) mass is 362 g/mol. The van der Waals surface area contributed by atoms with Crippen molar-refractivity contribution in [3.8, 4) is 0 Å². The van der Waals surface area contributed by atoms with E-state index in [1.807, 2.05) is 58.0 Å². The maximum atomic E-state index is 13.0. The molecule has 0 saturated heterocycles. The average molecular weight is 363 g/mol. The van der Waals surface area contributed by atoms with Crippen LogP contribution in [0.25, 0.3) is 0 Å². The second kappa shape index (κ2) is 11.1. The number of Topliss-reactive ketones (excluding diaryl/α,β-unsaturated/α-hetero) is 1. The Labute approximate surface area is 157 Å². The van der Waals surface area contributed by atoms with E-state index in [1.165, 1.54) is 0 Å². The summed E-state index contributed by atoms with van der Waals surface area (Å²) in [6, 6.07) is 9.06. The van der Waals surface area contributed by atoms with Gasteiger partial charge in [-0.05, 0) is 32.4 Å². The van der Waals surface area contributed by atoms with Crippen molar-refractivity contribution in [2.75, 3.05) is 6.54 Å². The molecule has 0 fully saturated rings. The van der Waals surface area contributed by atoms with Gasteiger partial charge in [0.05, 0.1) is 18.0 Å². The van der Waals surface area contributed by atoms with Gasteiger partial charge >= 0.3 is 5.97 Å². The molecule has 5 heteroatoms. The second-order valence-corrected chi connectivity index (χ2v) is 7.49. The van der Waals surface area contributed by atoms with Crippen LogP contribution in [0, 0.1) is 0 Å². The molecule has 0 aliphatic rings. The van der Waals surface area contributed by atoms with Crippen molar-refractivity contribution in [2.24, 2.45) is 0 Å². The quantitative estimate of drug-likeness (QED) is 0.441. The molecule has 0 spiro atoms. The molecule has 26 heavy (non-hydrogen) atoms. The minimum absolute atomic E-state index is 0.0148. The van der Waals surface area contributed by atoms with Crippen molar-refractivity contribution in [3.63, 3.8) is 0 Å². The van der Waals surface area contributed by atoms with Crippen molar-refractivity contribution in [1.82, 2.24) is 10.6 Å². The fraction of sp³-hybridized carbons (Fsp3) is 0.619. The van der Waals surface area contributed by atoms with Gasteiger partial charge in [0.25, 0.3) is 0 Å². The minimum atomic E-state index is -0.693. The molecule has 0 saturated carbocycles. The lowest BCUT2D eigenvalue weighted by Gasteiger charge is -2.30. The van der Waals surface area contributed by atoms with Crippen LogP contribution in [0.4, 0.5) is 0 Å². The van der Waals surface area contributed by atoms with E-state index in [2.05, 4.69) is 17.6 Å². The van der Waals surface area contributed by atoms with Crippen molar-refractivity contribution in [3.05, 3.63) is 35.9 Å². The first-order chi connectivity index (χ1) is 12.3. The highest BCUT2D eigenvalue weighted by molar-refractivity contribution is 5.95. The molecular formula is C21H34N2O3.